The number of aryl methyl sites for hydroxylation is 1. The van der Waals surface area contributed by atoms with Crippen LogP contribution in [0.3, 0.4) is 0 Å². The highest BCUT2D eigenvalue weighted by molar-refractivity contribution is 5.96. The topological polar surface area (TPSA) is 66.6 Å². The molecule has 0 saturated carbocycles. The van der Waals surface area contributed by atoms with Crippen LogP contribution < -0.4 is 10.7 Å². The molecule has 114 valence electrons. The summed E-state index contributed by atoms with van der Waals surface area (Å²) in [5.41, 5.74) is 5.22. The van der Waals surface area contributed by atoms with Crippen LogP contribution >= 0.6 is 0 Å². The fourth-order valence-corrected chi connectivity index (χ4v) is 1.76. The van der Waals surface area contributed by atoms with Crippen LogP contribution in [0, 0.1) is 6.92 Å². The van der Waals surface area contributed by atoms with E-state index in [1.54, 1.807) is 25.3 Å². The van der Waals surface area contributed by atoms with Crippen LogP contribution in [0.25, 0.3) is 6.08 Å². The molecule has 0 atom stereocenters. The third-order valence-electron chi connectivity index (χ3n) is 2.97. The first-order chi connectivity index (χ1) is 10.6. The Morgan fingerprint density at radius 2 is 2.09 bits per heavy atom. The quantitative estimate of drug-likeness (QED) is 0.635. The Labute approximate surface area is 129 Å². The SMILES string of the molecule is CC(/C=C/c1ccco1)=NNC(=O)CNc1ccccc1C. The molecule has 22 heavy (non-hydrogen) atoms. The molecule has 0 fully saturated rings. The van der Waals surface area contributed by atoms with E-state index in [0.717, 1.165) is 17.0 Å². The summed E-state index contributed by atoms with van der Waals surface area (Å²) in [7, 11) is 0. The Morgan fingerprint density at radius 1 is 1.27 bits per heavy atom. The van der Waals surface area contributed by atoms with E-state index in [0.29, 0.717) is 5.71 Å². The van der Waals surface area contributed by atoms with Gasteiger partial charge in [-0.05, 0) is 49.8 Å². The summed E-state index contributed by atoms with van der Waals surface area (Å²) in [6.07, 6.45) is 5.16. The Morgan fingerprint density at radius 3 is 2.82 bits per heavy atom. The first-order valence-corrected chi connectivity index (χ1v) is 6.99. The average Bonchev–Trinajstić information content (AvgIpc) is 3.03. The van der Waals surface area contributed by atoms with Crippen molar-refractivity contribution in [3.63, 3.8) is 0 Å². The summed E-state index contributed by atoms with van der Waals surface area (Å²) in [5, 5.41) is 7.08. The Bertz CT molecular complexity index is 673. The van der Waals surface area contributed by atoms with Gasteiger partial charge in [0.15, 0.2) is 0 Å². The van der Waals surface area contributed by atoms with Crippen LogP contribution in [0.2, 0.25) is 0 Å². The number of hydrogen-bond acceptors (Lipinski definition) is 4. The zero-order valence-corrected chi connectivity index (χ0v) is 12.7. The van der Waals surface area contributed by atoms with Gasteiger partial charge in [0.2, 0.25) is 0 Å². The number of para-hydroxylation sites is 1. The van der Waals surface area contributed by atoms with Crippen molar-refractivity contribution in [2.45, 2.75) is 13.8 Å². The fraction of sp³-hybridized carbons (Fsp3) is 0.176. The minimum absolute atomic E-state index is 0.170. The standard InChI is InChI=1S/C17H19N3O2/c1-13-6-3-4-8-16(13)18-12-17(21)20-19-14(2)9-10-15-7-5-11-22-15/h3-11,18H,12H2,1-2H3,(H,20,21)/b10-9+,19-14?. The van der Waals surface area contributed by atoms with Crippen molar-refractivity contribution in [2.75, 3.05) is 11.9 Å². The third kappa shape index (κ3) is 4.94. The van der Waals surface area contributed by atoms with Gasteiger partial charge >= 0.3 is 0 Å². The van der Waals surface area contributed by atoms with Crippen LogP contribution in [0.15, 0.2) is 58.3 Å². The normalized spacial score (nSPS) is 11.6. The second kappa shape index (κ2) is 7.83. The molecule has 1 aromatic carbocycles. The summed E-state index contributed by atoms with van der Waals surface area (Å²) >= 11 is 0. The number of benzene rings is 1. The Kier molecular flexibility index (Phi) is 5.54. The van der Waals surface area contributed by atoms with Crippen LogP contribution in [-0.2, 0) is 4.79 Å². The molecular weight excluding hydrogens is 278 g/mol. The number of rotatable bonds is 6. The van der Waals surface area contributed by atoms with Gasteiger partial charge in [0.05, 0.1) is 18.5 Å². The molecule has 0 aliphatic rings. The molecular formula is C17H19N3O2. The summed E-state index contributed by atoms with van der Waals surface area (Å²) in [4.78, 5) is 11.7. The third-order valence-corrected chi connectivity index (χ3v) is 2.97. The lowest BCUT2D eigenvalue weighted by Gasteiger charge is -2.08. The van der Waals surface area contributed by atoms with Gasteiger partial charge in [-0.25, -0.2) is 5.43 Å². The number of carbonyl (C=O) groups excluding carboxylic acids is 1. The van der Waals surface area contributed by atoms with Gasteiger partial charge in [-0.3, -0.25) is 4.79 Å². The van der Waals surface area contributed by atoms with E-state index in [-0.39, 0.29) is 12.5 Å². The molecule has 0 radical (unpaired) electrons. The van der Waals surface area contributed by atoms with Crippen molar-refractivity contribution in [3.8, 4) is 0 Å². The number of carbonyl (C=O) groups is 1. The highest BCUT2D eigenvalue weighted by atomic mass is 16.3. The smallest absolute Gasteiger partial charge is 0.259 e. The minimum atomic E-state index is -0.200. The Balaban J connectivity index is 1.79. The number of allylic oxidation sites excluding steroid dienone is 1. The highest BCUT2D eigenvalue weighted by Gasteiger charge is 2.01. The van der Waals surface area contributed by atoms with E-state index in [1.165, 1.54) is 0 Å². The maximum atomic E-state index is 11.7. The predicted molar refractivity (Wildman–Crippen MR) is 88.7 cm³/mol. The van der Waals surface area contributed by atoms with E-state index in [4.69, 9.17) is 4.42 Å². The second-order valence-electron chi connectivity index (χ2n) is 4.81. The van der Waals surface area contributed by atoms with Gasteiger partial charge in [-0.15, -0.1) is 0 Å². The van der Waals surface area contributed by atoms with Crippen LogP contribution in [-0.4, -0.2) is 18.2 Å². The van der Waals surface area contributed by atoms with Gasteiger partial charge < -0.3 is 9.73 Å². The summed E-state index contributed by atoms with van der Waals surface area (Å²) in [5.74, 6) is 0.538. The number of amides is 1. The molecule has 5 nitrogen and oxygen atoms in total. The van der Waals surface area contributed by atoms with Crippen molar-refractivity contribution < 1.29 is 9.21 Å². The molecule has 0 bridgehead atoms. The van der Waals surface area contributed by atoms with Gasteiger partial charge in [0.1, 0.15) is 5.76 Å². The molecule has 0 aliphatic heterocycles. The van der Waals surface area contributed by atoms with Crippen LogP contribution in [0.1, 0.15) is 18.2 Å². The number of nitrogens with zero attached hydrogens (tertiary/aromatic N) is 1. The van der Waals surface area contributed by atoms with Crippen molar-refractivity contribution in [3.05, 3.63) is 60.1 Å². The maximum Gasteiger partial charge on any atom is 0.259 e. The van der Waals surface area contributed by atoms with E-state index in [9.17, 15) is 4.79 Å². The first-order valence-electron chi connectivity index (χ1n) is 6.99. The van der Waals surface area contributed by atoms with Crippen molar-refractivity contribution in [1.82, 2.24) is 5.43 Å². The predicted octanol–water partition coefficient (Wildman–Crippen LogP) is 3.21. The monoisotopic (exact) mass is 297 g/mol. The van der Waals surface area contributed by atoms with E-state index < -0.39 is 0 Å². The number of nitrogens with one attached hydrogen (secondary N) is 2. The summed E-state index contributed by atoms with van der Waals surface area (Å²) < 4.78 is 5.17. The zero-order chi connectivity index (χ0) is 15.8. The average molecular weight is 297 g/mol. The molecule has 5 heteroatoms. The summed E-state index contributed by atoms with van der Waals surface area (Å²) in [6.45, 7) is 3.96. The van der Waals surface area contributed by atoms with Crippen molar-refractivity contribution in [1.29, 1.82) is 0 Å². The summed E-state index contributed by atoms with van der Waals surface area (Å²) in [6, 6.07) is 11.5. The molecule has 0 saturated heterocycles. The molecule has 1 aromatic heterocycles. The van der Waals surface area contributed by atoms with Gasteiger partial charge in [-0.2, -0.15) is 5.10 Å². The largest absolute Gasteiger partial charge is 0.465 e. The molecule has 0 unspecified atom stereocenters. The lowest BCUT2D eigenvalue weighted by molar-refractivity contribution is -0.119. The minimum Gasteiger partial charge on any atom is -0.465 e. The molecule has 1 amide bonds. The molecule has 0 spiro atoms. The lowest BCUT2D eigenvalue weighted by atomic mass is 10.2. The molecule has 2 N–H and O–H groups in total. The lowest BCUT2D eigenvalue weighted by Crippen LogP contribution is -2.26. The fourth-order valence-electron chi connectivity index (χ4n) is 1.76. The van der Waals surface area contributed by atoms with E-state index in [2.05, 4.69) is 15.8 Å². The van der Waals surface area contributed by atoms with Crippen LogP contribution in [0.5, 0.6) is 0 Å². The molecule has 2 rings (SSSR count). The number of hydrazone groups is 1. The zero-order valence-electron chi connectivity index (χ0n) is 12.7. The number of furan rings is 1. The number of hydrogen-bond donors (Lipinski definition) is 2. The molecule has 1 heterocycles. The maximum absolute atomic E-state index is 11.7. The highest BCUT2D eigenvalue weighted by Crippen LogP contribution is 2.12. The van der Waals surface area contributed by atoms with Gasteiger partial charge in [-0.1, -0.05) is 18.2 Å². The van der Waals surface area contributed by atoms with Gasteiger partial charge in [0, 0.05) is 5.69 Å². The molecule has 0 aliphatic carbocycles. The second-order valence-corrected chi connectivity index (χ2v) is 4.81. The Hall–Kier alpha value is -2.82. The van der Waals surface area contributed by atoms with E-state index >= 15 is 0 Å². The van der Waals surface area contributed by atoms with E-state index in [1.807, 2.05) is 43.3 Å². The molecule has 2 aromatic rings. The number of anilines is 1. The van der Waals surface area contributed by atoms with Crippen molar-refractivity contribution in [2.24, 2.45) is 5.10 Å². The first kappa shape index (κ1) is 15.6. The van der Waals surface area contributed by atoms with Gasteiger partial charge in [0.25, 0.3) is 5.91 Å². The van der Waals surface area contributed by atoms with Crippen molar-refractivity contribution >= 4 is 23.4 Å². The van der Waals surface area contributed by atoms with Crippen LogP contribution in [0.4, 0.5) is 5.69 Å².